The molecule has 2 amide bonds. The van der Waals surface area contributed by atoms with Gasteiger partial charge in [-0.1, -0.05) is 0 Å². The first-order chi connectivity index (χ1) is 7.80. The SMILES string of the molecule is O=C(NC[C@H](O)C(=O)O)NC1C=CS(=O)(=O)C1. The lowest BCUT2D eigenvalue weighted by atomic mass is 10.3. The highest BCUT2D eigenvalue weighted by atomic mass is 32.2. The number of nitrogens with one attached hydrogen (secondary N) is 2. The topological polar surface area (TPSA) is 133 Å². The van der Waals surface area contributed by atoms with Crippen LogP contribution in [-0.2, 0) is 14.6 Å². The quantitative estimate of drug-likeness (QED) is 0.466. The number of carbonyl (C=O) groups excluding carboxylic acids is 1. The van der Waals surface area contributed by atoms with Crippen LogP contribution >= 0.6 is 0 Å². The Morgan fingerprint density at radius 3 is 2.59 bits per heavy atom. The first-order valence-electron chi connectivity index (χ1n) is 4.66. The standard InChI is InChI=1S/C8H12N2O6S/c11-6(7(12)13)3-9-8(14)10-5-1-2-17(15,16)4-5/h1-2,5-6,11H,3-4H2,(H,12,13)(H2,9,10,14)/t5?,6-/m0/s1. The van der Waals surface area contributed by atoms with Crippen molar-refractivity contribution in [1.82, 2.24) is 10.6 Å². The zero-order chi connectivity index (χ0) is 13.1. The van der Waals surface area contributed by atoms with Crippen LogP contribution in [0.5, 0.6) is 0 Å². The smallest absolute Gasteiger partial charge is 0.334 e. The largest absolute Gasteiger partial charge is 0.479 e. The fraction of sp³-hybridized carbons (Fsp3) is 0.500. The van der Waals surface area contributed by atoms with Crippen LogP contribution in [0.25, 0.3) is 0 Å². The number of urea groups is 1. The highest BCUT2D eigenvalue weighted by molar-refractivity contribution is 7.94. The zero-order valence-electron chi connectivity index (χ0n) is 8.66. The molecule has 0 aromatic rings. The van der Waals surface area contributed by atoms with Crippen LogP contribution in [-0.4, -0.2) is 55.1 Å². The zero-order valence-corrected chi connectivity index (χ0v) is 9.48. The molecule has 8 nitrogen and oxygen atoms in total. The summed E-state index contributed by atoms with van der Waals surface area (Å²) in [6.07, 6.45) is -0.369. The van der Waals surface area contributed by atoms with Crippen LogP contribution in [0.3, 0.4) is 0 Å². The van der Waals surface area contributed by atoms with Gasteiger partial charge in [-0.2, -0.15) is 0 Å². The average molecular weight is 264 g/mol. The summed E-state index contributed by atoms with van der Waals surface area (Å²) in [6, 6.07) is -1.38. The highest BCUT2D eigenvalue weighted by Crippen LogP contribution is 2.07. The minimum Gasteiger partial charge on any atom is -0.479 e. The monoisotopic (exact) mass is 264 g/mol. The summed E-state index contributed by atoms with van der Waals surface area (Å²) in [5, 5.41) is 22.6. The summed E-state index contributed by atoms with van der Waals surface area (Å²) in [5.41, 5.74) is 0. The molecule has 1 rings (SSSR count). The van der Waals surface area contributed by atoms with E-state index >= 15 is 0 Å². The van der Waals surface area contributed by atoms with Crippen LogP contribution in [0.15, 0.2) is 11.5 Å². The number of carbonyl (C=O) groups is 2. The molecule has 0 spiro atoms. The van der Waals surface area contributed by atoms with Gasteiger partial charge >= 0.3 is 12.0 Å². The molecule has 1 heterocycles. The summed E-state index contributed by atoms with van der Waals surface area (Å²) in [4.78, 5) is 21.4. The third-order valence-electron chi connectivity index (χ3n) is 1.99. The van der Waals surface area contributed by atoms with Crippen molar-refractivity contribution in [3.8, 4) is 0 Å². The molecule has 0 radical (unpaired) electrons. The van der Waals surface area contributed by atoms with E-state index in [0.717, 1.165) is 5.41 Å². The number of carboxylic acids is 1. The summed E-state index contributed by atoms with van der Waals surface area (Å²) < 4.78 is 22.0. The number of aliphatic carboxylic acids is 1. The van der Waals surface area contributed by atoms with Gasteiger partial charge in [0.2, 0.25) is 0 Å². The number of hydrogen-bond acceptors (Lipinski definition) is 5. The Labute approximate surface area is 97.2 Å². The maximum absolute atomic E-state index is 11.2. The third-order valence-corrected chi connectivity index (χ3v) is 3.38. The Morgan fingerprint density at radius 1 is 1.47 bits per heavy atom. The number of hydrogen-bond donors (Lipinski definition) is 4. The maximum Gasteiger partial charge on any atom is 0.334 e. The van der Waals surface area contributed by atoms with Gasteiger partial charge in [-0.25, -0.2) is 18.0 Å². The van der Waals surface area contributed by atoms with Crippen molar-refractivity contribution >= 4 is 21.8 Å². The van der Waals surface area contributed by atoms with Gasteiger partial charge in [0, 0.05) is 5.41 Å². The normalized spacial score (nSPS) is 23.0. The molecule has 1 unspecified atom stereocenters. The summed E-state index contributed by atoms with van der Waals surface area (Å²) in [5.74, 6) is -1.67. The van der Waals surface area contributed by atoms with Crippen LogP contribution in [0.1, 0.15) is 0 Å². The number of rotatable bonds is 4. The molecule has 1 aliphatic heterocycles. The van der Waals surface area contributed by atoms with E-state index in [1.165, 1.54) is 6.08 Å². The lowest BCUT2D eigenvalue weighted by molar-refractivity contribution is -0.146. The minimum atomic E-state index is -3.25. The predicted molar refractivity (Wildman–Crippen MR) is 56.9 cm³/mol. The van der Waals surface area contributed by atoms with E-state index < -0.39 is 40.5 Å². The molecule has 2 atom stereocenters. The van der Waals surface area contributed by atoms with Crippen LogP contribution < -0.4 is 10.6 Å². The van der Waals surface area contributed by atoms with Crippen LogP contribution in [0, 0.1) is 0 Å². The number of aliphatic hydroxyl groups excluding tert-OH is 1. The Morgan fingerprint density at radius 2 is 2.12 bits per heavy atom. The second-order valence-electron chi connectivity index (χ2n) is 3.47. The van der Waals surface area contributed by atoms with Gasteiger partial charge in [0.15, 0.2) is 15.9 Å². The van der Waals surface area contributed by atoms with Gasteiger partial charge < -0.3 is 20.8 Å². The predicted octanol–water partition coefficient (Wildman–Crippen LogP) is -1.96. The highest BCUT2D eigenvalue weighted by Gasteiger charge is 2.23. The molecule has 0 aliphatic carbocycles. The molecule has 0 bridgehead atoms. The molecule has 0 aromatic heterocycles. The summed E-state index contributed by atoms with van der Waals surface area (Å²) >= 11 is 0. The molecule has 0 fully saturated rings. The van der Waals surface area contributed by atoms with E-state index in [1.54, 1.807) is 0 Å². The number of sulfone groups is 1. The van der Waals surface area contributed by atoms with E-state index in [1.807, 2.05) is 0 Å². The van der Waals surface area contributed by atoms with Gasteiger partial charge in [-0.05, 0) is 6.08 Å². The molecule has 0 aromatic carbocycles. The first-order valence-corrected chi connectivity index (χ1v) is 6.38. The Kier molecular flexibility index (Phi) is 4.07. The summed E-state index contributed by atoms with van der Waals surface area (Å²) in [6.45, 7) is -0.454. The lowest BCUT2D eigenvalue weighted by Crippen LogP contribution is -2.46. The minimum absolute atomic E-state index is 0.220. The van der Waals surface area contributed by atoms with Crippen molar-refractivity contribution in [3.63, 3.8) is 0 Å². The molecule has 17 heavy (non-hydrogen) atoms. The van der Waals surface area contributed by atoms with Crippen molar-refractivity contribution < 1.29 is 28.2 Å². The Balaban J connectivity index is 2.32. The maximum atomic E-state index is 11.2. The van der Waals surface area contributed by atoms with E-state index in [-0.39, 0.29) is 5.75 Å². The molecule has 9 heteroatoms. The molecule has 4 N–H and O–H groups in total. The van der Waals surface area contributed by atoms with Crippen molar-refractivity contribution in [2.24, 2.45) is 0 Å². The van der Waals surface area contributed by atoms with Gasteiger partial charge in [0.1, 0.15) is 0 Å². The van der Waals surface area contributed by atoms with Crippen molar-refractivity contribution in [3.05, 3.63) is 11.5 Å². The number of amides is 2. The van der Waals surface area contributed by atoms with Gasteiger partial charge in [-0.3, -0.25) is 0 Å². The van der Waals surface area contributed by atoms with Gasteiger partial charge in [-0.15, -0.1) is 0 Å². The molecule has 0 saturated heterocycles. The summed E-state index contributed by atoms with van der Waals surface area (Å²) in [7, 11) is -3.25. The van der Waals surface area contributed by atoms with E-state index in [2.05, 4.69) is 10.6 Å². The molecule has 1 aliphatic rings. The molecular weight excluding hydrogens is 252 g/mol. The average Bonchev–Trinajstić information content (AvgIpc) is 2.54. The molecular formula is C8H12N2O6S. The lowest BCUT2D eigenvalue weighted by Gasteiger charge is -2.12. The van der Waals surface area contributed by atoms with Crippen LogP contribution in [0.4, 0.5) is 4.79 Å². The Bertz CT molecular complexity index is 443. The van der Waals surface area contributed by atoms with E-state index in [0.29, 0.717) is 0 Å². The fourth-order valence-electron chi connectivity index (χ4n) is 1.16. The second kappa shape index (κ2) is 5.15. The Hall–Kier alpha value is -1.61. The second-order valence-corrected chi connectivity index (χ2v) is 5.40. The number of carboxylic acid groups (broad SMARTS) is 1. The number of aliphatic hydroxyl groups is 1. The van der Waals surface area contributed by atoms with Gasteiger partial charge in [0.05, 0.1) is 18.3 Å². The van der Waals surface area contributed by atoms with Crippen LogP contribution in [0.2, 0.25) is 0 Å². The first kappa shape index (κ1) is 13.5. The van der Waals surface area contributed by atoms with E-state index in [9.17, 15) is 18.0 Å². The van der Waals surface area contributed by atoms with Crippen molar-refractivity contribution in [1.29, 1.82) is 0 Å². The molecule has 96 valence electrons. The molecule has 0 saturated carbocycles. The van der Waals surface area contributed by atoms with Crippen molar-refractivity contribution in [2.45, 2.75) is 12.1 Å². The fourth-order valence-corrected chi connectivity index (χ4v) is 2.40. The van der Waals surface area contributed by atoms with Gasteiger partial charge in [0.25, 0.3) is 0 Å². The third kappa shape index (κ3) is 4.41. The van der Waals surface area contributed by atoms with E-state index in [4.69, 9.17) is 10.2 Å². The van der Waals surface area contributed by atoms with Crippen molar-refractivity contribution in [2.75, 3.05) is 12.3 Å².